The molecule has 0 radical (unpaired) electrons. The third kappa shape index (κ3) is 3.03. The Kier molecular flexibility index (Phi) is 4.50. The number of carbonyl (C=O) groups is 2. The smallest absolute Gasteiger partial charge is 0.270 e. The molecule has 1 aromatic carbocycles. The predicted molar refractivity (Wildman–Crippen MR) is 97.0 cm³/mol. The third-order valence-corrected chi connectivity index (χ3v) is 4.92. The van der Waals surface area contributed by atoms with Crippen LogP contribution in [0.2, 0.25) is 10.0 Å². The van der Waals surface area contributed by atoms with E-state index in [2.05, 4.69) is 5.32 Å². The number of nitrogens with one attached hydrogen (secondary N) is 1. The summed E-state index contributed by atoms with van der Waals surface area (Å²) < 4.78 is 0. The summed E-state index contributed by atoms with van der Waals surface area (Å²) >= 11 is 18.7. The third-order valence-electron chi connectivity index (χ3n) is 3.13. The lowest BCUT2D eigenvalue weighted by Crippen LogP contribution is -2.54. The van der Waals surface area contributed by atoms with Crippen LogP contribution in [0.25, 0.3) is 6.08 Å². The lowest BCUT2D eigenvalue weighted by Gasteiger charge is -2.29. The van der Waals surface area contributed by atoms with Crippen LogP contribution in [-0.4, -0.2) is 16.9 Å². The van der Waals surface area contributed by atoms with Crippen molar-refractivity contribution in [2.24, 2.45) is 0 Å². The highest BCUT2D eigenvalue weighted by molar-refractivity contribution is 7.80. The molecule has 0 saturated carbocycles. The zero-order chi connectivity index (χ0) is 16.6. The molecule has 0 unspecified atom stereocenters. The Balaban J connectivity index is 2.07. The second kappa shape index (κ2) is 6.41. The van der Waals surface area contributed by atoms with Crippen LogP contribution in [0.4, 0.5) is 5.69 Å². The molecular formula is C15H8Cl2N2O2S2. The molecule has 2 aromatic rings. The number of halogens is 2. The van der Waals surface area contributed by atoms with E-state index < -0.39 is 11.8 Å². The van der Waals surface area contributed by atoms with Gasteiger partial charge in [-0.1, -0.05) is 29.3 Å². The molecule has 1 saturated heterocycles. The average Bonchev–Trinajstić information content (AvgIpc) is 3.01. The molecule has 1 aromatic heterocycles. The van der Waals surface area contributed by atoms with Crippen LogP contribution in [0.1, 0.15) is 5.56 Å². The van der Waals surface area contributed by atoms with Gasteiger partial charge in [0.25, 0.3) is 11.8 Å². The summed E-state index contributed by atoms with van der Waals surface area (Å²) in [5.41, 5.74) is 1.07. The maximum atomic E-state index is 12.7. The number of thiophene rings is 1. The van der Waals surface area contributed by atoms with Crippen molar-refractivity contribution in [2.75, 3.05) is 4.90 Å². The normalized spacial score (nSPS) is 16.9. The molecule has 3 rings (SSSR count). The maximum Gasteiger partial charge on any atom is 0.270 e. The van der Waals surface area contributed by atoms with Crippen LogP contribution in [0, 0.1) is 0 Å². The zero-order valence-corrected chi connectivity index (χ0v) is 14.5. The molecule has 0 atom stereocenters. The van der Waals surface area contributed by atoms with E-state index in [4.69, 9.17) is 35.4 Å². The van der Waals surface area contributed by atoms with Crippen LogP contribution < -0.4 is 10.2 Å². The van der Waals surface area contributed by atoms with Crippen molar-refractivity contribution >= 4 is 75.4 Å². The van der Waals surface area contributed by atoms with Gasteiger partial charge in [0.1, 0.15) is 5.57 Å². The lowest BCUT2D eigenvalue weighted by molar-refractivity contribution is -0.122. The number of thiocarbonyl (C=S) groups is 1. The highest BCUT2D eigenvalue weighted by Crippen LogP contribution is 2.34. The fourth-order valence-corrected chi connectivity index (χ4v) is 3.34. The fraction of sp³-hybridized carbons (Fsp3) is 0. The standard InChI is InChI=1S/C15H8Cl2N2O2S2/c16-10-2-1-3-11(12(10)17)19-14(21)9(13(20)18-15(19)22)6-8-4-5-23-7-8/h1-7H,(H,18,20,22)/b9-6-. The molecule has 8 heteroatoms. The van der Waals surface area contributed by atoms with E-state index >= 15 is 0 Å². The van der Waals surface area contributed by atoms with Gasteiger partial charge in [0.05, 0.1) is 15.7 Å². The van der Waals surface area contributed by atoms with Gasteiger partial charge in [-0.25, -0.2) is 0 Å². The average molecular weight is 383 g/mol. The van der Waals surface area contributed by atoms with Crippen LogP contribution >= 0.6 is 46.8 Å². The van der Waals surface area contributed by atoms with Crippen molar-refractivity contribution < 1.29 is 9.59 Å². The maximum absolute atomic E-state index is 12.7. The Bertz CT molecular complexity index is 847. The Morgan fingerprint density at radius 1 is 1.22 bits per heavy atom. The van der Waals surface area contributed by atoms with Crippen LogP contribution in [-0.2, 0) is 9.59 Å². The van der Waals surface area contributed by atoms with E-state index in [-0.39, 0.29) is 15.7 Å². The van der Waals surface area contributed by atoms with Gasteiger partial charge in [-0.2, -0.15) is 11.3 Å². The predicted octanol–water partition coefficient (Wildman–Crippen LogP) is 3.89. The molecule has 1 fully saturated rings. The van der Waals surface area contributed by atoms with Gasteiger partial charge in [0.15, 0.2) is 5.11 Å². The highest BCUT2D eigenvalue weighted by atomic mass is 35.5. The van der Waals surface area contributed by atoms with Crippen LogP contribution in [0.5, 0.6) is 0 Å². The van der Waals surface area contributed by atoms with Crippen molar-refractivity contribution in [1.82, 2.24) is 5.32 Å². The molecular weight excluding hydrogens is 375 g/mol. The minimum Gasteiger partial charge on any atom is -0.298 e. The summed E-state index contributed by atoms with van der Waals surface area (Å²) in [4.78, 5) is 26.0. The van der Waals surface area contributed by atoms with Gasteiger partial charge < -0.3 is 0 Å². The molecule has 1 aliphatic heterocycles. The molecule has 4 nitrogen and oxygen atoms in total. The summed E-state index contributed by atoms with van der Waals surface area (Å²) in [5.74, 6) is -1.09. The van der Waals surface area contributed by atoms with E-state index in [0.29, 0.717) is 10.7 Å². The van der Waals surface area contributed by atoms with Crippen molar-refractivity contribution in [3.63, 3.8) is 0 Å². The first-order valence-corrected chi connectivity index (χ1v) is 8.47. The minimum atomic E-state index is -0.547. The number of anilines is 1. The number of hydrogen-bond donors (Lipinski definition) is 1. The number of carbonyl (C=O) groups excluding carboxylic acids is 2. The van der Waals surface area contributed by atoms with Gasteiger partial charge in [-0.3, -0.25) is 19.8 Å². The molecule has 2 amide bonds. The summed E-state index contributed by atoms with van der Waals surface area (Å²) in [5, 5.41) is 6.63. The monoisotopic (exact) mass is 382 g/mol. The van der Waals surface area contributed by atoms with E-state index in [0.717, 1.165) is 5.56 Å². The number of rotatable bonds is 2. The second-order valence-electron chi connectivity index (χ2n) is 4.59. The van der Waals surface area contributed by atoms with Gasteiger partial charge in [-0.05, 0) is 52.8 Å². The molecule has 0 spiro atoms. The lowest BCUT2D eigenvalue weighted by atomic mass is 10.1. The molecule has 0 aliphatic carbocycles. The van der Waals surface area contributed by atoms with Crippen molar-refractivity contribution in [3.05, 3.63) is 56.2 Å². The molecule has 1 aliphatic rings. The first kappa shape index (κ1) is 16.1. The van der Waals surface area contributed by atoms with E-state index in [1.165, 1.54) is 22.3 Å². The Morgan fingerprint density at radius 2 is 2.00 bits per heavy atom. The highest BCUT2D eigenvalue weighted by Gasteiger charge is 2.35. The molecule has 23 heavy (non-hydrogen) atoms. The quantitative estimate of drug-likeness (QED) is 0.486. The summed E-state index contributed by atoms with van der Waals surface area (Å²) in [6.45, 7) is 0. The van der Waals surface area contributed by atoms with Gasteiger partial charge in [0, 0.05) is 0 Å². The van der Waals surface area contributed by atoms with E-state index in [1.807, 2.05) is 16.8 Å². The van der Waals surface area contributed by atoms with Gasteiger partial charge >= 0.3 is 0 Å². The molecule has 116 valence electrons. The first-order valence-electron chi connectivity index (χ1n) is 6.36. The Hall–Kier alpha value is -1.73. The zero-order valence-electron chi connectivity index (χ0n) is 11.4. The molecule has 0 bridgehead atoms. The summed E-state index contributed by atoms with van der Waals surface area (Å²) in [6.07, 6.45) is 1.52. The minimum absolute atomic E-state index is 0.0203. The Labute approximate surface area is 151 Å². The number of hydrogen-bond acceptors (Lipinski definition) is 4. The van der Waals surface area contributed by atoms with E-state index in [1.54, 1.807) is 18.2 Å². The van der Waals surface area contributed by atoms with Crippen molar-refractivity contribution in [2.45, 2.75) is 0 Å². The number of amides is 2. The van der Waals surface area contributed by atoms with Crippen molar-refractivity contribution in [3.8, 4) is 0 Å². The summed E-state index contributed by atoms with van der Waals surface area (Å²) in [7, 11) is 0. The number of nitrogens with zero attached hydrogens (tertiary/aromatic N) is 1. The Morgan fingerprint density at radius 3 is 2.70 bits per heavy atom. The largest absolute Gasteiger partial charge is 0.298 e. The topological polar surface area (TPSA) is 49.4 Å². The molecule has 1 N–H and O–H groups in total. The van der Waals surface area contributed by atoms with Crippen molar-refractivity contribution in [1.29, 1.82) is 0 Å². The summed E-state index contributed by atoms with van der Waals surface area (Å²) in [6, 6.07) is 6.67. The SMILES string of the molecule is O=C1NC(=S)N(c2cccc(Cl)c2Cl)C(=O)/C1=C\c1ccsc1. The van der Waals surface area contributed by atoms with Crippen LogP contribution in [0.3, 0.4) is 0 Å². The van der Waals surface area contributed by atoms with Crippen LogP contribution in [0.15, 0.2) is 40.6 Å². The van der Waals surface area contributed by atoms with E-state index in [9.17, 15) is 9.59 Å². The molecule has 2 heterocycles. The first-order chi connectivity index (χ1) is 11.0. The number of benzene rings is 1. The van der Waals surface area contributed by atoms with Gasteiger partial charge in [0.2, 0.25) is 0 Å². The second-order valence-corrected chi connectivity index (χ2v) is 6.54. The van der Waals surface area contributed by atoms with Gasteiger partial charge in [-0.15, -0.1) is 0 Å². The fourth-order valence-electron chi connectivity index (χ4n) is 2.07.